The Morgan fingerprint density at radius 1 is 1.00 bits per heavy atom. The first kappa shape index (κ1) is 19.9. The third-order valence-corrected chi connectivity index (χ3v) is 5.92. The van der Waals surface area contributed by atoms with E-state index in [-0.39, 0.29) is 11.7 Å². The maximum absolute atomic E-state index is 12.9. The number of pyridine rings is 2. The number of amides is 1. The molecule has 6 heteroatoms. The lowest BCUT2D eigenvalue weighted by atomic mass is 10.1. The Labute approximate surface area is 179 Å². The van der Waals surface area contributed by atoms with E-state index in [1.54, 1.807) is 36.7 Å². The van der Waals surface area contributed by atoms with Crippen LogP contribution in [0.1, 0.15) is 27.0 Å². The van der Waals surface area contributed by atoms with Gasteiger partial charge < -0.3 is 10.4 Å². The van der Waals surface area contributed by atoms with E-state index in [4.69, 9.17) is 0 Å². The van der Waals surface area contributed by atoms with Crippen molar-refractivity contribution in [3.8, 4) is 5.75 Å². The monoisotopic (exact) mass is 415 g/mol. The summed E-state index contributed by atoms with van der Waals surface area (Å²) in [6.45, 7) is 3.62. The molecule has 0 unspecified atom stereocenters. The summed E-state index contributed by atoms with van der Waals surface area (Å²) in [7, 11) is 0. The molecule has 0 aliphatic rings. The molecule has 0 radical (unpaired) electrons. The van der Waals surface area contributed by atoms with E-state index in [9.17, 15) is 9.90 Å². The maximum atomic E-state index is 12.9. The normalized spacial score (nSPS) is 10.9. The zero-order valence-electron chi connectivity index (χ0n) is 16.7. The number of hydrogen-bond donors (Lipinski definition) is 2. The molecule has 4 aromatic rings. The molecule has 0 fully saturated rings. The van der Waals surface area contributed by atoms with Crippen molar-refractivity contribution < 1.29 is 9.90 Å². The molecule has 0 atom stereocenters. The van der Waals surface area contributed by atoms with Gasteiger partial charge in [0.25, 0.3) is 5.91 Å². The third kappa shape index (κ3) is 4.14. The third-order valence-electron chi connectivity index (χ3n) is 4.87. The van der Waals surface area contributed by atoms with E-state index in [1.165, 1.54) is 11.8 Å². The van der Waals surface area contributed by atoms with Crippen molar-refractivity contribution in [1.82, 2.24) is 9.97 Å². The number of carbonyl (C=O) groups is 1. The summed E-state index contributed by atoms with van der Waals surface area (Å²) < 4.78 is 0. The number of para-hydroxylation sites is 1. The van der Waals surface area contributed by atoms with Gasteiger partial charge >= 0.3 is 0 Å². The fourth-order valence-electron chi connectivity index (χ4n) is 3.33. The number of carbonyl (C=O) groups excluding carboxylic acids is 1. The summed E-state index contributed by atoms with van der Waals surface area (Å²) in [6, 6.07) is 17.1. The van der Waals surface area contributed by atoms with Gasteiger partial charge in [-0.1, -0.05) is 18.2 Å². The standard InChI is InChI=1S/C24H21N3O2S/c1-15-12-18(13-16(2)22(15)28)27-23(29)20-7-5-10-26-24(20)30-14-17-9-11-25-21-8-4-3-6-19(17)21/h3-13,28H,14H2,1-2H3,(H,27,29). The minimum absolute atomic E-state index is 0.227. The Morgan fingerprint density at radius 3 is 2.57 bits per heavy atom. The number of hydrogen-bond acceptors (Lipinski definition) is 5. The minimum atomic E-state index is -0.227. The van der Waals surface area contributed by atoms with Gasteiger partial charge in [0.05, 0.1) is 11.1 Å². The van der Waals surface area contributed by atoms with Gasteiger partial charge in [-0.15, -0.1) is 11.8 Å². The molecule has 0 aliphatic carbocycles. The summed E-state index contributed by atoms with van der Waals surface area (Å²) in [5, 5.41) is 14.6. The second-order valence-corrected chi connectivity index (χ2v) is 8.01. The van der Waals surface area contributed by atoms with Crippen LogP contribution in [0.2, 0.25) is 0 Å². The van der Waals surface area contributed by atoms with E-state index >= 15 is 0 Å². The molecule has 0 saturated carbocycles. The van der Waals surface area contributed by atoms with Gasteiger partial charge in [0.15, 0.2) is 0 Å². The highest BCUT2D eigenvalue weighted by Crippen LogP contribution is 2.29. The van der Waals surface area contributed by atoms with Crippen LogP contribution in [0, 0.1) is 13.8 Å². The minimum Gasteiger partial charge on any atom is -0.507 e. The molecule has 0 saturated heterocycles. The highest BCUT2D eigenvalue weighted by molar-refractivity contribution is 7.98. The summed E-state index contributed by atoms with van der Waals surface area (Å²) in [5.41, 5.74) is 4.70. The summed E-state index contributed by atoms with van der Waals surface area (Å²) in [4.78, 5) is 21.8. The predicted octanol–water partition coefficient (Wildman–Crippen LogP) is 5.50. The molecule has 150 valence electrons. The van der Waals surface area contributed by atoms with Gasteiger partial charge in [-0.05, 0) is 66.9 Å². The van der Waals surface area contributed by atoms with Crippen molar-refractivity contribution in [2.45, 2.75) is 24.6 Å². The van der Waals surface area contributed by atoms with Crippen LogP contribution in [-0.4, -0.2) is 21.0 Å². The molecule has 30 heavy (non-hydrogen) atoms. The molecular formula is C24H21N3O2S. The molecule has 0 spiro atoms. The number of phenols is 1. The molecular weight excluding hydrogens is 394 g/mol. The fraction of sp³-hybridized carbons (Fsp3) is 0.125. The average Bonchev–Trinajstić information content (AvgIpc) is 2.76. The molecule has 2 aromatic heterocycles. The second kappa shape index (κ2) is 8.55. The summed E-state index contributed by atoms with van der Waals surface area (Å²) >= 11 is 1.52. The van der Waals surface area contributed by atoms with Gasteiger partial charge in [-0.25, -0.2) is 4.98 Å². The Kier molecular flexibility index (Phi) is 5.68. The molecule has 0 bridgehead atoms. The zero-order chi connectivity index (χ0) is 21.1. The lowest BCUT2D eigenvalue weighted by Gasteiger charge is -2.12. The number of phenolic OH excluding ortho intramolecular Hbond substituents is 1. The molecule has 5 nitrogen and oxygen atoms in total. The average molecular weight is 416 g/mol. The van der Waals surface area contributed by atoms with Gasteiger partial charge in [0.1, 0.15) is 10.8 Å². The van der Waals surface area contributed by atoms with Crippen LogP contribution in [0.5, 0.6) is 5.75 Å². The first-order chi connectivity index (χ1) is 14.5. The largest absolute Gasteiger partial charge is 0.507 e. The molecule has 1 amide bonds. The number of rotatable bonds is 5. The number of aromatic nitrogens is 2. The van der Waals surface area contributed by atoms with Crippen molar-refractivity contribution >= 4 is 34.3 Å². The highest BCUT2D eigenvalue weighted by atomic mass is 32.2. The molecule has 2 aromatic carbocycles. The summed E-state index contributed by atoms with van der Waals surface area (Å²) in [6.07, 6.45) is 3.50. The number of fused-ring (bicyclic) bond motifs is 1. The van der Waals surface area contributed by atoms with E-state index < -0.39 is 0 Å². The number of nitrogens with zero attached hydrogens (tertiary/aromatic N) is 2. The SMILES string of the molecule is Cc1cc(NC(=O)c2cccnc2SCc2ccnc3ccccc23)cc(C)c1O. The molecule has 2 N–H and O–H groups in total. The van der Waals surface area contributed by atoms with Crippen LogP contribution in [0.25, 0.3) is 10.9 Å². The van der Waals surface area contributed by atoms with Crippen molar-refractivity contribution in [2.75, 3.05) is 5.32 Å². The fourth-order valence-corrected chi connectivity index (χ4v) is 4.33. The van der Waals surface area contributed by atoms with Gasteiger partial charge in [-0.3, -0.25) is 9.78 Å². The Morgan fingerprint density at radius 2 is 1.77 bits per heavy atom. The lowest BCUT2D eigenvalue weighted by Crippen LogP contribution is -2.14. The molecule has 4 rings (SSSR count). The van der Waals surface area contributed by atoms with Crippen LogP contribution in [0.3, 0.4) is 0 Å². The van der Waals surface area contributed by atoms with Crippen molar-refractivity contribution in [2.24, 2.45) is 0 Å². The number of thioether (sulfide) groups is 1. The van der Waals surface area contributed by atoms with E-state index in [1.807, 2.05) is 38.1 Å². The van der Waals surface area contributed by atoms with Crippen LogP contribution in [0.15, 0.2) is 72.0 Å². The van der Waals surface area contributed by atoms with Crippen LogP contribution in [-0.2, 0) is 5.75 Å². The first-order valence-electron chi connectivity index (χ1n) is 9.55. The van der Waals surface area contributed by atoms with Gasteiger partial charge in [0, 0.05) is 29.2 Å². The van der Waals surface area contributed by atoms with Gasteiger partial charge in [0.2, 0.25) is 0 Å². The van der Waals surface area contributed by atoms with Crippen molar-refractivity contribution in [1.29, 1.82) is 0 Å². The number of nitrogens with one attached hydrogen (secondary N) is 1. The van der Waals surface area contributed by atoms with Crippen LogP contribution < -0.4 is 5.32 Å². The Bertz CT molecular complexity index is 1210. The van der Waals surface area contributed by atoms with E-state index in [0.717, 1.165) is 27.6 Å². The highest BCUT2D eigenvalue weighted by Gasteiger charge is 2.15. The van der Waals surface area contributed by atoms with E-state index in [0.29, 0.717) is 22.0 Å². The zero-order valence-corrected chi connectivity index (χ0v) is 17.5. The van der Waals surface area contributed by atoms with Gasteiger partial charge in [-0.2, -0.15) is 0 Å². The topological polar surface area (TPSA) is 75.1 Å². The number of aryl methyl sites for hydroxylation is 2. The Balaban J connectivity index is 1.56. The quantitative estimate of drug-likeness (QED) is 0.333. The lowest BCUT2D eigenvalue weighted by molar-refractivity contribution is 0.102. The van der Waals surface area contributed by atoms with Crippen LogP contribution in [0.4, 0.5) is 5.69 Å². The Hall–Kier alpha value is -3.38. The number of benzene rings is 2. The van der Waals surface area contributed by atoms with Crippen LogP contribution >= 0.6 is 11.8 Å². The molecule has 2 heterocycles. The summed E-state index contributed by atoms with van der Waals surface area (Å²) in [5.74, 6) is 0.697. The number of anilines is 1. The van der Waals surface area contributed by atoms with Crippen molar-refractivity contribution in [3.05, 3.63) is 89.2 Å². The van der Waals surface area contributed by atoms with E-state index in [2.05, 4.69) is 21.4 Å². The maximum Gasteiger partial charge on any atom is 0.258 e. The second-order valence-electron chi connectivity index (χ2n) is 7.04. The molecule has 0 aliphatic heterocycles. The first-order valence-corrected chi connectivity index (χ1v) is 10.5. The smallest absolute Gasteiger partial charge is 0.258 e. The predicted molar refractivity (Wildman–Crippen MR) is 121 cm³/mol. The van der Waals surface area contributed by atoms with Crippen molar-refractivity contribution in [3.63, 3.8) is 0 Å². The number of aromatic hydroxyl groups is 1.